The first-order chi connectivity index (χ1) is 15.4. The van der Waals surface area contributed by atoms with Gasteiger partial charge in [0, 0.05) is 55.7 Å². The van der Waals surface area contributed by atoms with Crippen LogP contribution in [0, 0.1) is 0 Å². The smallest absolute Gasteiger partial charge is 0.412 e. The second kappa shape index (κ2) is 15.6. The van der Waals surface area contributed by atoms with Crippen LogP contribution in [0.1, 0.15) is 58.9 Å². The van der Waals surface area contributed by atoms with Gasteiger partial charge in [-0.1, -0.05) is 49.6 Å². The molecule has 182 valence electrons. The number of nitrogens with zero attached hydrogens (tertiary/aromatic N) is 2. The molecule has 0 aliphatic carbocycles. The van der Waals surface area contributed by atoms with Gasteiger partial charge in [0.15, 0.2) is 0 Å². The summed E-state index contributed by atoms with van der Waals surface area (Å²) in [6.07, 6.45) is 4.76. The van der Waals surface area contributed by atoms with E-state index in [0.29, 0.717) is 17.3 Å². The summed E-state index contributed by atoms with van der Waals surface area (Å²) < 4.78 is 8.52. The Kier molecular flexibility index (Phi) is 14.1. The number of anilines is 1. The van der Waals surface area contributed by atoms with Crippen molar-refractivity contribution in [3.8, 4) is 5.75 Å². The van der Waals surface area contributed by atoms with Crippen LogP contribution in [0.25, 0.3) is 0 Å². The van der Waals surface area contributed by atoms with Crippen molar-refractivity contribution in [1.29, 1.82) is 0 Å². The van der Waals surface area contributed by atoms with Gasteiger partial charge in [0.05, 0.1) is 11.6 Å². The number of para-hydroxylation sites is 1. The van der Waals surface area contributed by atoms with Gasteiger partial charge < -0.3 is 9.84 Å². The van der Waals surface area contributed by atoms with Crippen LogP contribution >= 0.6 is 70.9 Å². The molecule has 1 N–H and O–H groups in total. The number of carbonyl (C=O) groups is 1. The topological polar surface area (TPSA) is 53.0 Å². The molecule has 5 nitrogen and oxygen atoms in total. The average Bonchev–Trinajstić information content (AvgIpc) is 3.07. The van der Waals surface area contributed by atoms with Crippen molar-refractivity contribution in [3.63, 3.8) is 0 Å². The van der Waals surface area contributed by atoms with Crippen LogP contribution in [0.15, 0.2) is 18.2 Å². The maximum atomic E-state index is 11.9. The second-order valence-electron chi connectivity index (χ2n) is 7.81. The van der Waals surface area contributed by atoms with Gasteiger partial charge in [0.1, 0.15) is 11.4 Å². The zero-order valence-electron chi connectivity index (χ0n) is 18.9. The third-order valence-corrected chi connectivity index (χ3v) is 17.4. The lowest BCUT2D eigenvalue weighted by Crippen LogP contribution is -2.29. The first-order valence-corrected chi connectivity index (χ1v) is 19.5. The molecule has 1 heterocycles. The molecule has 0 atom stereocenters. The molecule has 0 bridgehead atoms. The fraction of sp³-hybridized carbons (Fsp3) is 0.650. The number of fused-ring (bicyclic) bond motifs is 1. The summed E-state index contributed by atoms with van der Waals surface area (Å²) in [5.41, 5.74) is 1.40. The van der Waals surface area contributed by atoms with Crippen LogP contribution in [-0.2, 0) is 6.42 Å². The highest BCUT2D eigenvalue weighted by Crippen LogP contribution is 2.56. The Labute approximate surface area is 219 Å². The maximum absolute atomic E-state index is 11.9. The summed E-state index contributed by atoms with van der Waals surface area (Å²) in [5.74, 6) is 1.05. The molecule has 0 saturated carbocycles. The van der Waals surface area contributed by atoms with E-state index >= 15 is 0 Å². The number of benzene rings is 1. The van der Waals surface area contributed by atoms with Crippen molar-refractivity contribution in [1.82, 2.24) is 4.31 Å². The van der Waals surface area contributed by atoms with Crippen molar-refractivity contribution in [2.24, 2.45) is 0 Å². The lowest BCUT2D eigenvalue weighted by molar-refractivity contribution is 0.138. The Morgan fingerprint density at radius 1 is 1.06 bits per heavy atom. The zero-order valence-corrected chi connectivity index (χ0v) is 24.6. The normalized spacial score (nSPS) is 14.4. The van der Waals surface area contributed by atoms with Crippen LogP contribution in [0.2, 0.25) is 0 Å². The summed E-state index contributed by atoms with van der Waals surface area (Å²) in [5, 5.41) is 9.76. The van der Waals surface area contributed by atoms with E-state index in [1.165, 1.54) is 41.4 Å². The monoisotopic (exact) mass is 572 g/mol. The van der Waals surface area contributed by atoms with Gasteiger partial charge in [0.25, 0.3) is 0 Å². The highest BCUT2D eigenvalue weighted by Gasteiger charge is 2.34. The molecule has 2 rings (SSSR count). The molecule has 0 fully saturated rings. The van der Waals surface area contributed by atoms with E-state index in [4.69, 9.17) is 4.74 Å². The third kappa shape index (κ3) is 10.1. The van der Waals surface area contributed by atoms with Crippen LogP contribution in [-0.4, -0.2) is 40.1 Å². The van der Waals surface area contributed by atoms with Gasteiger partial charge in [-0.25, -0.2) is 9.10 Å². The molecular formula is C20H32N2O3S7. The molecule has 0 unspecified atom stereocenters. The number of amides is 1. The van der Waals surface area contributed by atoms with E-state index in [1.807, 2.05) is 43.0 Å². The summed E-state index contributed by atoms with van der Waals surface area (Å²) in [7, 11) is 11.9. The highest BCUT2D eigenvalue weighted by molar-refractivity contribution is 9.45. The zero-order chi connectivity index (χ0) is 23.4. The molecule has 0 aromatic heterocycles. The number of rotatable bonds is 16. The third-order valence-electron chi connectivity index (χ3n) is 4.59. The Morgan fingerprint density at radius 2 is 1.72 bits per heavy atom. The Hall–Kier alpha value is 0.700. The molecule has 0 saturated heterocycles. The molecule has 32 heavy (non-hydrogen) atoms. The second-order valence-corrected chi connectivity index (χ2v) is 19.0. The summed E-state index contributed by atoms with van der Waals surface area (Å²) >= 11 is 0. The van der Waals surface area contributed by atoms with Crippen LogP contribution in [0.4, 0.5) is 10.5 Å². The first kappa shape index (κ1) is 28.9. The van der Waals surface area contributed by atoms with Crippen molar-refractivity contribution in [3.05, 3.63) is 23.8 Å². The van der Waals surface area contributed by atoms with E-state index in [-0.39, 0.29) is 5.60 Å². The van der Waals surface area contributed by atoms with E-state index in [0.717, 1.165) is 25.1 Å². The van der Waals surface area contributed by atoms with Crippen molar-refractivity contribution >= 4 is 82.7 Å². The number of ether oxygens (including phenoxy) is 1. The number of hydrogen-bond donors (Lipinski definition) is 1. The van der Waals surface area contributed by atoms with Crippen LogP contribution in [0.5, 0.6) is 5.75 Å². The lowest BCUT2D eigenvalue weighted by Gasteiger charge is -2.23. The number of unbranched alkanes of at least 4 members (excludes halogenated alkanes) is 2. The van der Waals surface area contributed by atoms with Gasteiger partial charge in [-0.15, -0.1) is 0 Å². The van der Waals surface area contributed by atoms with E-state index in [1.54, 1.807) is 49.1 Å². The quantitative estimate of drug-likeness (QED) is 0.0892. The van der Waals surface area contributed by atoms with Gasteiger partial charge in [-0.05, 0) is 62.2 Å². The molecule has 0 spiro atoms. The molecule has 1 aromatic rings. The molecule has 0 radical (unpaired) electrons. The summed E-state index contributed by atoms with van der Waals surface area (Å²) in [4.78, 5) is 13.3. The highest BCUT2D eigenvalue weighted by atomic mass is 33.9. The lowest BCUT2D eigenvalue weighted by atomic mass is 10.0. The van der Waals surface area contributed by atoms with Crippen molar-refractivity contribution < 1.29 is 14.6 Å². The van der Waals surface area contributed by atoms with Gasteiger partial charge >= 0.3 is 6.09 Å². The number of hydrogen-bond acceptors (Lipinski definition) is 10. The SMILES string of the molecule is CCCCN(CCCC)SSSSSSSCN(C(=O)O)c1cccc2c1OC(C)(C)C2. The minimum atomic E-state index is -0.960. The summed E-state index contributed by atoms with van der Waals surface area (Å²) in [6.45, 7) is 10.8. The average molecular weight is 573 g/mol. The maximum Gasteiger partial charge on any atom is 0.412 e. The minimum Gasteiger partial charge on any atom is -0.485 e. The Morgan fingerprint density at radius 3 is 2.38 bits per heavy atom. The summed E-state index contributed by atoms with van der Waals surface area (Å²) in [6, 6.07) is 5.75. The van der Waals surface area contributed by atoms with E-state index in [9.17, 15) is 9.90 Å². The molecule has 1 aliphatic heterocycles. The van der Waals surface area contributed by atoms with Crippen molar-refractivity contribution in [2.45, 2.75) is 65.4 Å². The molecule has 1 amide bonds. The predicted octanol–water partition coefficient (Wildman–Crippen LogP) is 9.28. The standard InChI is InChI=1S/C20H32N2O3S7/c1-5-7-12-21(13-8-6-2)27-29-31-32-30-28-26-15-22(19(23)24)17-11-9-10-16-14-20(3,4)25-18(16)17/h9-11H,5-8,12-15H2,1-4H3,(H,23,24). The first-order valence-electron chi connectivity index (χ1n) is 10.6. The number of carboxylic acid groups (broad SMARTS) is 1. The van der Waals surface area contributed by atoms with Crippen molar-refractivity contribution in [2.75, 3.05) is 23.9 Å². The Bertz CT molecular complexity index is 704. The molecule has 12 heteroatoms. The largest absolute Gasteiger partial charge is 0.485 e. The van der Waals surface area contributed by atoms with Crippen LogP contribution in [0.3, 0.4) is 0 Å². The van der Waals surface area contributed by atoms with E-state index in [2.05, 4.69) is 18.2 Å². The van der Waals surface area contributed by atoms with E-state index < -0.39 is 6.09 Å². The van der Waals surface area contributed by atoms with Gasteiger partial charge in [-0.2, -0.15) is 0 Å². The van der Waals surface area contributed by atoms with Gasteiger partial charge in [0.2, 0.25) is 0 Å². The van der Waals surface area contributed by atoms with Crippen LogP contribution < -0.4 is 9.64 Å². The minimum absolute atomic E-state index is 0.299. The molecule has 1 aromatic carbocycles. The predicted molar refractivity (Wildman–Crippen MR) is 155 cm³/mol. The Balaban J connectivity index is 1.70. The molecular weight excluding hydrogens is 541 g/mol. The molecule has 1 aliphatic rings. The fourth-order valence-corrected chi connectivity index (χ4v) is 17.1. The fourth-order valence-electron chi connectivity index (χ4n) is 3.08. The van der Waals surface area contributed by atoms with Gasteiger partial charge in [-0.3, -0.25) is 4.90 Å².